The van der Waals surface area contributed by atoms with Crippen molar-refractivity contribution in [2.45, 2.75) is 57.7 Å². The van der Waals surface area contributed by atoms with Gasteiger partial charge in [-0.2, -0.15) is 0 Å². The van der Waals surface area contributed by atoms with E-state index >= 15 is 0 Å². The Morgan fingerprint density at radius 3 is 2.79 bits per heavy atom. The number of fused-ring (bicyclic) bond motifs is 1. The van der Waals surface area contributed by atoms with Crippen LogP contribution in [0.15, 0.2) is 47.7 Å². The van der Waals surface area contributed by atoms with Crippen molar-refractivity contribution in [3.63, 3.8) is 0 Å². The van der Waals surface area contributed by atoms with Gasteiger partial charge in [-0.15, -0.1) is 6.58 Å². The molecule has 1 saturated carbocycles. The maximum absolute atomic E-state index is 5.19. The first-order valence-electron chi connectivity index (χ1n) is 13.3. The van der Waals surface area contributed by atoms with E-state index in [-0.39, 0.29) is 5.66 Å². The largest absolute Gasteiger partial charge is 0.337 e. The summed E-state index contributed by atoms with van der Waals surface area (Å²) in [5, 5.41) is 0. The standard InChI is InChI=1S/C28H42N6/c1-5-14-32(26-11-7-9-23-10-8-13-29-27(23)26)21-25-12-15-34(22(3)30-25)28(20-24(28)6-2)33-18-16-31(4)17-19-33/h6,8,10,12-13,24,26H,2,5,7,9,11,14-21H2,1,3-4H3/t24?,26-,28?/m0/s1. The Hall–Kier alpha value is -2.02. The number of aromatic nitrogens is 1. The van der Waals surface area contributed by atoms with E-state index in [0.717, 1.165) is 58.7 Å². The molecule has 2 unspecified atom stereocenters. The maximum atomic E-state index is 5.19. The number of piperazine rings is 1. The van der Waals surface area contributed by atoms with E-state index in [1.165, 1.54) is 42.1 Å². The molecule has 0 amide bonds. The number of likely N-dealkylation sites (N-methyl/N-ethyl adjacent to an activating group) is 1. The van der Waals surface area contributed by atoms with Crippen molar-refractivity contribution in [1.29, 1.82) is 0 Å². The van der Waals surface area contributed by atoms with E-state index in [0.29, 0.717) is 12.0 Å². The molecule has 6 heteroatoms. The maximum Gasteiger partial charge on any atom is 0.103 e. The summed E-state index contributed by atoms with van der Waals surface area (Å²) in [7, 11) is 2.23. The van der Waals surface area contributed by atoms with E-state index in [9.17, 15) is 0 Å². The molecule has 5 rings (SSSR count). The Morgan fingerprint density at radius 1 is 1.26 bits per heavy atom. The van der Waals surface area contributed by atoms with Gasteiger partial charge in [-0.3, -0.25) is 14.8 Å². The first-order chi connectivity index (χ1) is 16.6. The Labute approximate surface area is 206 Å². The van der Waals surface area contributed by atoms with Crippen LogP contribution in [-0.2, 0) is 6.42 Å². The molecule has 2 aliphatic heterocycles. The highest BCUT2D eigenvalue weighted by Crippen LogP contribution is 2.52. The molecule has 0 radical (unpaired) electrons. The quantitative estimate of drug-likeness (QED) is 0.547. The summed E-state index contributed by atoms with van der Waals surface area (Å²) in [6, 6.07) is 4.76. The molecule has 1 saturated heterocycles. The van der Waals surface area contributed by atoms with Crippen molar-refractivity contribution in [1.82, 2.24) is 24.6 Å². The van der Waals surface area contributed by atoms with Gasteiger partial charge in [-0.25, -0.2) is 4.99 Å². The molecular formula is C28H42N6. The molecule has 184 valence electrons. The van der Waals surface area contributed by atoms with Crippen LogP contribution in [0.1, 0.15) is 56.8 Å². The molecule has 2 aliphatic carbocycles. The van der Waals surface area contributed by atoms with Crippen LogP contribution in [0.4, 0.5) is 0 Å². The Morgan fingerprint density at radius 2 is 2.09 bits per heavy atom. The average molecular weight is 463 g/mol. The molecule has 0 spiro atoms. The second-order valence-electron chi connectivity index (χ2n) is 10.6. The van der Waals surface area contributed by atoms with Gasteiger partial charge in [0.05, 0.1) is 17.4 Å². The molecular weight excluding hydrogens is 420 g/mol. The minimum atomic E-state index is 0.0773. The van der Waals surface area contributed by atoms with Crippen molar-refractivity contribution < 1.29 is 0 Å². The van der Waals surface area contributed by atoms with E-state index in [1.54, 1.807) is 0 Å². The number of nitrogens with zero attached hydrogens (tertiary/aromatic N) is 6. The molecule has 3 atom stereocenters. The van der Waals surface area contributed by atoms with Gasteiger partial charge in [0, 0.05) is 51.4 Å². The van der Waals surface area contributed by atoms with Crippen molar-refractivity contribution in [3.8, 4) is 0 Å². The molecule has 1 aromatic rings. The molecule has 4 aliphatic rings. The van der Waals surface area contributed by atoms with Gasteiger partial charge in [0.25, 0.3) is 0 Å². The fourth-order valence-corrected chi connectivity index (χ4v) is 6.54. The summed E-state index contributed by atoms with van der Waals surface area (Å²) in [5.41, 5.74) is 4.02. The summed E-state index contributed by atoms with van der Waals surface area (Å²) >= 11 is 0. The molecule has 0 N–H and O–H groups in total. The highest BCUT2D eigenvalue weighted by Gasteiger charge is 2.61. The third-order valence-corrected chi connectivity index (χ3v) is 8.44. The van der Waals surface area contributed by atoms with E-state index in [1.807, 2.05) is 6.20 Å². The van der Waals surface area contributed by atoms with Gasteiger partial charge in [0.1, 0.15) is 11.5 Å². The van der Waals surface area contributed by atoms with Crippen LogP contribution in [0.2, 0.25) is 0 Å². The van der Waals surface area contributed by atoms with Crippen LogP contribution in [0, 0.1) is 5.92 Å². The zero-order valence-corrected chi connectivity index (χ0v) is 21.4. The molecule has 34 heavy (non-hydrogen) atoms. The number of aliphatic imine (C=N–C) groups is 1. The number of hydrogen-bond acceptors (Lipinski definition) is 6. The van der Waals surface area contributed by atoms with E-state index < -0.39 is 0 Å². The van der Waals surface area contributed by atoms with Crippen LogP contribution in [0.5, 0.6) is 0 Å². The van der Waals surface area contributed by atoms with Gasteiger partial charge < -0.3 is 9.80 Å². The highest BCUT2D eigenvalue weighted by molar-refractivity contribution is 5.83. The first-order valence-corrected chi connectivity index (χ1v) is 13.3. The SMILES string of the molecule is C=CC1CC1(N1CCN(C)CC1)N1CC=C(CN(CCC)[C@H]2CCCc3cccnc32)N=C1C. The smallest absolute Gasteiger partial charge is 0.103 e. The lowest BCUT2D eigenvalue weighted by molar-refractivity contribution is 0.0256. The minimum absolute atomic E-state index is 0.0773. The number of rotatable bonds is 8. The van der Waals surface area contributed by atoms with Crippen LogP contribution in [0.25, 0.3) is 0 Å². The fraction of sp³-hybridized carbons (Fsp3) is 0.643. The average Bonchev–Trinajstić information content (AvgIpc) is 3.59. The number of amidine groups is 1. The fourth-order valence-electron chi connectivity index (χ4n) is 6.54. The molecule has 3 heterocycles. The lowest BCUT2D eigenvalue weighted by Gasteiger charge is -2.46. The van der Waals surface area contributed by atoms with Crippen molar-refractivity contribution in [2.75, 3.05) is 52.9 Å². The molecule has 0 bridgehead atoms. The summed E-state index contributed by atoms with van der Waals surface area (Å²) in [6.45, 7) is 16.1. The van der Waals surface area contributed by atoms with Crippen molar-refractivity contribution >= 4 is 5.84 Å². The second kappa shape index (κ2) is 9.92. The third-order valence-electron chi connectivity index (χ3n) is 8.44. The highest BCUT2D eigenvalue weighted by atomic mass is 15.5. The zero-order valence-electron chi connectivity index (χ0n) is 21.4. The van der Waals surface area contributed by atoms with E-state index in [2.05, 4.69) is 71.4 Å². The van der Waals surface area contributed by atoms with Gasteiger partial charge in [-0.1, -0.05) is 19.1 Å². The lowest BCUT2D eigenvalue weighted by Crippen LogP contribution is -2.59. The predicted octanol–water partition coefficient (Wildman–Crippen LogP) is 3.94. The topological polar surface area (TPSA) is 38.2 Å². The van der Waals surface area contributed by atoms with Gasteiger partial charge >= 0.3 is 0 Å². The Bertz CT molecular complexity index is 946. The van der Waals surface area contributed by atoms with Crippen LogP contribution >= 0.6 is 0 Å². The Kier molecular flexibility index (Phi) is 6.92. The number of aryl methyl sites for hydroxylation is 1. The predicted molar refractivity (Wildman–Crippen MR) is 140 cm³/mol. The lowest BCUT2D eigenvalue weighted by atomic mass is 9.90. The third kappa shape index (κ3) is 4.36. The molecule has 0 aromatic carbocycles. The zero-order chi connectivity index (χ0) is 23.7. The van der Waals surface area contributed by atoms with Crippen molar-refractivity contribution in [2.24, 2.45) is 10.9 Å². The molecule has 6 nitrogen and oxygen atoms in total. The van der Waals surface area contributed by atoms with Gasteiger partial charge in [0.2, 0.25) is 0 Å². The molecule has 1 aromatic heterocycles. The van der Waals surface area contributed by atoms with Gasteiger partial charge in [-0.05, 0) is 70.3 Å². The number of pyridine rings is 1. The monoisotopic (exact) mass is 462 g/mol. The van der Waals surface area contributed by atoms with Crippen LogP contribution in [-0.4, -0.2) is 88.9 Å². The summed E-state index contributed by atoms with van der Waals surface area (Å²) in [5.74, 6) is 1.69. The van der Waals surface area contributed by atoms with E-state index in [4.69, 9.17) is 9.98 Å². The summed E-state index contributed by atoms with van der Waals surface area (Å²) in [6.07, 6.45) is 12.4. The summed E-state index contributed by atoms with van der Waals surface area (Å²) in [4.78, 5) is 20.3. The Balaban J connectivity index is 1.32. The number of hydrogen-bond donors (Lipinski definition) is 0. The minimum Gasteiger partial charge on any atom is -0.337 e. The van der Waals surface area contributed by atoms with Crippen LogP contribution < -0.4 is 0 Å². The van der Waals surface area contributed by atoms with Gasteiger partial charge in [0.15, 0.2) is 0 Å². The van der Waals surface area contributed by atoms with Crippen molar-refractivity contribution in [3.05, 3.63) is 54.0 Å². The van der Waals surface area contributed by atoms with Crippen LogP contribution in [0.3, 0.4) is 0 Å². The second-order valence-corrected chi connectivity index (χ2v) is 10.6. The first kappa shape index (κ1) is 23.7. The summed E-state index contributed by atoms with van der Waals surface area (Å²) < 4.78 is 0. The normalized spacial score (nSPS) is 30.1. The molecule has 2 fully saturated rings.